The van der Waals surface area contributed by atoms with Crippen LogP contribution in [0.1, 0.15) is 25.7 Å². The Morgan fingerprint density at radius 1 is 1.10 bits per heavy atom. The van der Waals surface area contributed by atoms with Gasteiger partial charge in [0.25, 0.3) is 0 Å². The maximum Gasteiger partial charge on any atom is 0.503 e. The fraction of sp³-hybridized carbons (Fsp3) is 0.263. The summed E-state index contributed by atoms with van der Waals surface area (Å²) in [7, 11) is 0. The van der Waals surface area contributed by atoms with Crippen molar-refractivity contribution in [3.8, 4) is 5.69 Å². The van der Waals surface area contributed by atoms with E-state index in [-0.39, 0.29) is 0 Å². The molecule has 0 radical (unpaired) electrons. The first-order chi connectivity index (χ1) is 14.1. The van der Waals surface area contributed by atoms with E-state index >= 15 is 0 Å². The molecule has 1 saturated carbocycles. The van der Waals surface area contributed by atoms with Gasteiger partial charge in [-0.25, -0.2) is 9.78 Å². The van der Waals surface area contributed by atoms with Crippen LogP contribution in [-0.2, 0) is 0 Å². The Morgan fingerprint density at radius 2 is 1.90 bits per heavy atom. The van der Waals surface area contributed by atoms with Crippen LogP contribution in [0.2, 0.25) is 0 Å². The van der Waals surface area contributed by atoms with Gasteiger partial charge in [-0.3, -0.25) is 4.98 Å². The highest BCUT2D eigenvalue weighted by Crippen LogP contribution is 2.22. The van der Waals surface area contributed by atoms with Gasteiger partial charge < -0.3 is 15.5 Å². The first-order valence-corrected chi connectivity index (χ1v) is 9.22. The molecule has 1 aliphatic rings. The van der Waals surface area contributed by atoms with Crippen molar-refractivity contribution >= 4 is 34.2 Å². The topological polar surface area (TPSA) is 139 Å². The fourth-order valence-corrected chi connectivity index (χ4v) is 3.42. The average Bonchev–Trinajstić information content (AvgIpc) is 3.37. The zero-order valence-electron chi connectivity index (χ0n) is 15.4. The molecule has 0 amide bonds. The number of hydrogen-bond donors (Lipinski definition) is 3. The number of aromatic nitrogens is 6. The van der Waals surface area contributed by atoms with Gasteiger partial charge in [-0.05, 0) is 37.1 Å². The van der Waals surface area contributed by atoms with E-state index in [1.54, 1.807) is 17.1 Å². The molecule has 1 fully saturated rings. The van der Waals surface area contributed by atoms with Gasteiger partial charge in [-0.2, -0.15) is 9.67 Å². The summed E-state index contributed by atoms with van der Waals surface area (Å²) < 4.78 is 1.75. The highest BCUT2D eigenvalue weighted by molar-refractivity contribution is 5.81. The molecule has 0 aliphatic heterocycles. The van der Waals surface area contributed by atoms with Crippen LogP contribution in [0.3, 0.4) is 0 Å². The van der Waals surface area contributed by atoms with Crippen LogP contribution in [0.25, 0.3) is 27.8 Å². The minimum Gasteiger partial charge on any atom is -0.450 e. The molecule has 3 heterocycles. The van der Waals surface area contributed by atoms with Gasteiger partial charge in [0.2, 0.25) is 5.95 Å². The number of hydrogen-bond acceptors (Lipinski definition) is 7. The molecule has 1 aliphatic carbocycles. The lowest BCUT2D eigenvalue weighted by Crippen LogP contribution is -2.16. The van der Waals surface area contributed by atoms with Gasteiger partial charge in [0.1, 0.15) is 0 Å². The van der Waals surface area contributed by atoms with Crippen molar-refractivity contribution in [1.82, 2.24) is 29.9 Å². The number of benzene rings is 1. The Morgan fingerprint density at radius 3 is 2.69 bits per heavy atom. The molecule has 0 spiro atoms. The fourth-order valence-electron chi connectivity index (χ4n) is 3.42. The van der Waals surface area contributed by atoms with E-state index in [0.29, 0.717) is 23.2 Å². The Balaban J connectivity index is 0.000000472. The number of nitrogens with zero attached hydrogens (tertiary/aromatic N) is 6. The number of nitrogens with one attached hydrogen (secondary N) is 1. The molecule has 0 bridgehead atoms. The number of anilines is 1. The van der Waals surface area contributed by atoms with Crippen molar-refractivity contribution in [2.24, 2.45) is 0 Å². The molecule has 5 rings (SSSR count). The zero-order valence-corrected chi connectivity index (χ0v) is 15.4. The number of carbonyl (C=O) groups is 1. The van der Waals surface area contributed by atoms with Gasteiger partial charge in [0.15, 0.2) is 11.2 Å². The van der Waals surface area contributed by atoms with Crippen LogP contribution in [0.5, 0.6) is 0 Å². The first-order valence-electron chi connectivity index (χ1n) is 9.22. The summed E-state index contributed by atoms with van der Waals surface area (Å²) in [6.45, 7) is 0. The Kier molecular flexibility index (Phi) is 5.14. The second kappa shape index (κ2) is 8.05. The van der Waals surface area contributed by atoms with Crippen molar-refractivity contribution in [2.45, 2.75) is 31.7 Å². The summed E-state index contributed by atoms with van der Waals surface area (Å²) in [5, 5.41) is 26.9. The van der Waals surface area contributed by atoms with E-state index < -0.39 is 6.16 Å². The van der Waals surface area contributed by atoms with Crippen LogP contribution < -0.4 is 5.32 Å². The molecule has 29 heavy (non-hydrogen) atoms. The second-order valence-electron chi connectivity index (χ2n) is 6.69. The molecule has 10 nitrogen and oxygen atoms in total. The van der Waals surface area contributed by atoms with E-state index in [9.17, 15) is 0 Å². The standard InChI is InChI=1S/C18H17N7.CH2O3/c1-2-6-13(5-1)21-18-20-11-16-17(22-18)25(24-23-16)14-7-8-15-12(10-14)4-3-9-19-15;2-1(3)4/h3-4,7-11,13H,1-2,5-6H2,(H,20,21,22);(H2,2,3,4). The van der Waals surface area contributed by atoms with Crippen LogP contribution in [0.4, 0.5) is 10.7 Å². The van der Waals surface area contributed by atoms with Crippen molar-refractivity contribution in [3.05, 3.63) is 42.7 Å². The molecule has 3 N–H and O–H groups in total. The van der Waals surface area contributed by atoms with E-state index in [1.165, 1.54) is 25.7 Å². The maximum absolute atomic E-state index is 8.56. The smallest absolute Gasteiger partial charge is 0.450 e. The average molecular weight is 393 g/mol. The van der Waals surface area contributed by atoms with E-state index in [2.05, 4.69) is 30.6 Å². The Labute approximate surface area is 165 Å². The Bertz CT molecular complexity index is 1150. The lowest BCUT2D eigenvalue weighted by molar-refractivity contribution is 0.137. The Hall–Kier alpha value is -3.82. The SMILES string of the molecule is O=C(O)O.c1cnc2ccc(-n3nnc4cnc(NC5CCCC5)nc43)cc2c1. The summed E-state index contributed by atoms with van der Waals surface area (Å²) in [4.78, 5) is 21.9. The molecule has 0 saturated heterocycles. The van der Waals surface area contributed by atoms with Gasteiger partial charge in [-0.1, -0.05) is 24.1 Å². The van der Waals surface area contributed by atoms with Crippen LogP contribution in [0, 0.1) is 0 Å². The summed E-state index contributed by atoms with van der Waals surface area (Å²) in [5.41, 5.74) is 3.25. The third kappa shape index (κ3) is 4.21. The van der Waals surface area contributed by atoms with E-state index in [0.717, 1.165) is 16.6 Å². The molecular weight excluding hydrogens is 374 g/mol. The normalized spacial score (nSPS) is 13.9. The van der Waals surface area contributed by atoms with Gasteiger partial charge >= 0.3 is 6.16 Å². The van der Waals surface area contributed by atoms with Crippen molar-refractivity contribution in [1.29, 1.82) is 0 Å². The number of rotatable bonds is 3. The van der Waals surface area contributed by atoms with E-state index in [1.807, 2.05) is 30.3 Å². The predicted octanol–water partition coefficient (Wildman–Crippen LogP) is 3.34. The monoisotopic (exact) mass is 393 g/mol. The number of fused-ring (bicyclic) bond motifs is 2. The molecule has 3 aromatic heterocycles. The molecule has 10 heteroatoms. The van der Waals surface area contributed by atoms with Crippen LogP contribution in [-0.4, -0.2) is 52.4 Å². The first kappa shape index (κ1) is 18.5. The minimum atomic E-state index is -1.83. The third-order valence-corrected chi connectivity index (χ3v) is 4.71. The van der Waals surface area contributed by atoms with Crippen molar-refractivity contribution in [3.63, 3.8) is 0 Å². The summed E-state index contributed by atoms with van der Waals surface area (Å²) in [5.74, 6) is 0.644. The molecule has 0 unspecified atom stereocenters. The molecule has 1 aromatic carbocycles. The molecule has 148 valence electrons. The van der Waals surface area contributed by atoms with Gasteiger partial charge in [-0.15, -0.1) is 5.10 Å². The number of carboxylic acid groups (broad SMARTS) is 2. The maximum atomic E-state index is 8.56. The molecule has 4 aromatic rings. The summed E-state index contributed by atoms with van der Waals surface area (Å²) >= 11 is 0. The quantitative estimate of drug-likeness (QED) is 0.478. The highest BCUT2D eigenvalue weighted by Gasteiger charge is 2.17. The highest BCUT2D eigenvalue weighted by atomic mass is 16.6. The summed E-state index contributed by atoms with van der Waals surface area (Å²) in [6.07, 6.45) is 6.58. The van der Waals surface area contributed by atoms with Crippen LogP contribution >= 0.6 is 0 Å². The second-order valence-corrected chi connectivity index (χ2v) is 6.69. The summed E-state index contributed by atoms with van der Waals surface area (Å²) in [6, 6.07) is 10.4. The van der Waals surface area contributed by atoms with Gasteiger partial charge in [0.05, 0.1) is 17.4 Å². The predicted molar refractivity (Wildman–Crippen MR) is 106 cm³/mol. The van der Waals surface area contributed by atoms with Crippen molar-refractivity contribution in [2.75, 3.05) is 5.32 Å². The zero-order chi connectivity index (χ0) is 20.2. The molecular formula is C19H19N7O3. The largest absolute Gasteiger partial charge is 0.503 e. The third-order valence-electron chi connectivity index (χ3n) is 4.71. The number of pyridine rings is 1. The van der Waals surface area contributed by atoms with Crippen LogP contribution in [0.15, 0.2) is 42.7 Å². The minimum absolute atomic E-state index is 0.466. The molecule has 0 atom stereocenters. The van der Waals surface area contributed by atoms with Gasteiger partial charge in [0, 0.05) is 17.6 Å². The van der Waals surface area contributed by atoms with E-state index in [4.69, 9.17) is 15.0 Å². The lowest BCUT2D eigenvalue weighted by Gasteiger charge is -2.11. The lowest BCUT2D eigenvalue weighted by atomic mass is 10.2. The van der Waals surface area contributed by atoms with Crippen molar-refractivity contribution < 1.29 is 15.0 Å².